The van der Waals surface area contributed by atoms with E-state index in [0.717, 1.165) is 26.1 Å². The molecule has 3 atom stereocenters. The van der Waals surface area contributed by atoms with Gasteiger partial charge in [-0.05, 0) is 52.6 Å². The van der Waals surface area contributed by atoms with Gasteiger partial charge in [0.1, 0.15) is 0 Å². The number of carbonyl (C=O) groups is 1. The van der Waals surface area contributed by atoms with Crippen molar-refractivity contribution >= 4 is 5.91 Å². The zero-order valence-electron chi connectivity index (χ0n) is 13.7. The van der Waals surface area contributed by atoms with E-state index in [4.69, 9.17) is 0 Å². The van der Waals surface area contributed by atoms with Crippen LogP contribution in [0.5, 0.6) is 0 Å². The van der Waals surface area contributed by atoms with E-state index in [0.29, 0.717) is 12.0 Å². The van der Waals surface area contributed by atoms with E-state index < -0.39 is 0 Å². The van der Waals surface area contributed by atoms with Gasteiger partial charge in [-0.3, -0.25) is 9.69 Å². The minimum Gasteiger partial charge on any atom is -0.355 e. The second-order valence-corrected chi connectivity index (χ2v) is 6.15. The van der Waals surface area contributed by atoms with Gasteiger partial charge in [0.25, 0.3) is 0 Å². The maximum atomic E-state index is 12.2. The van der Waals surface area contributed by atoms with Crippen LogP contribution in [0.1, 0.15) is 52.9 Å². The van der Waals surface area contributed by atoms with Crippen molar-refractivity contribution in [1.29, 1.82) is 0 Å². The van der Waals surface area contributed by atoms with Crippen molar-refractivity contribution in [3.05, 3.63) is 0 Å². The van der Waals surface area contributed by atoms with E-state index in [2.05, 4.69) is 29.4 Å². The molecule has 20 heavy (non-hydrogen) atoms. The lowest BCUT2D eigenvalue weighted by Crippen LogP contribution is -2.51. The Labute approximate surface area is 124 Å². The summed E-state index contributed by atoms with van der Waals surface area (Å²) in [4.78, 5) is 14.5. The fraction of sp³-hybridized carbons (Fsp3) is 0.938. The molecule has 0 radical (unpaired) electrons. The molecule has 4 heteroatoms. The molecule has 1 aliphatic heterocycles. The van der Waals surface area contributed by atoms with Gasteiger partial charge in [0.2, 0.25) is 5.91 Å². The first-order valence-corrected chi connectivity index (χ1v) is 8.29. The third-order valence-electron chi connectivity index (χ3n) is 4.66. The summed E-state index contributed by atoms with van der Waals surface area (Å²) in [7, 11) is 2.02. The number of piperidine rings is 1. The van der Waals surface area contributed by atoms with Gasteiger partial charge in [-0.2, -0.15) is 0 Å². The molecule has 1 heterocycles. The first-order valence-electron chi connectivity index (χ1n) is 8.29. The highest BCUT2D eigenvalue weighted by atomic mass is 16.2. The molecule has 1 rings (SSSR count). The lowest BCUT2D eigenvalue weighted by atomic mass is 9.91. The molecule has 0 spiro atoms. The van der Waals surface area contributed by atoms with Crippen molar-refractivity contribution in [2.75, 3.05) is 26.7 Å². The molecule has 1 aliphatic rings. The number of nitrogens with zero attached hydrogens (tertiary/aromatic N) is 1. The Kier molecular flexibility index (Phi) is 8.15. The second kappa shape index (κ2) is 9.35. The predicted octanol–water partition coefficient (Wildman–Crippen LogP) is 2.00. The average Bonchev–Trinajstić information content (AvgIpc) is 2.49. The van der Waals surface area contributed by atoms with Crippen molar-refractivity contribution in [2.45, 2.75) is 65.0 Å². The van der Waals surface area contributed by atoms with E-state index >= 15 is 0 Å². The summed E-state index contributed by atoms with van der Waals surface area (Å²) in [5.74, 6) is 0.850. The molecule has 0 aromatic heterocycles. The number of likely N-dealkylation sites (tertiary alicyclic amines) is 1. The van der Waals surface area contributed by atoms with Crippen LogP contribution in [0.2, 0.25) is 0 Å². The number of amides is 1. The molecule has 1 saturated heterocycles. The van der Waals surface area contributed by atoms with Crippen LogP contribution in [-0.4, -0.2) is 49.6 Å². The van der Waals surface area contributed by atoms with Gasteiger partial charge in [-0.15, -0.1) is 0 Å². The summed E-state index contributed by atoms with van der Waals surface area (Å²) in [6.07, 6.45) is 5.95. The van der Waals surface area contributed by atoms with Gasteiger partial charge in [0.15, 0.2) is 0 Å². The van der Waals surface area contributed by atoms with Gasteiger partial charge in [-0.1, -0.05) is 19.8 Å². The van der Waals surface area contributed by atoms with Crippen LogP contribution in [-0.2, 0) is 4.79 Å². The van der Waals surface area contributed by atoms with Gasteiger partial charge < -0.3 is 10.6 Å². The van der Waals surface area contributed by atoms with Crippen LogP contribution in [0.15, 0.2) is 0 Å². The van der Waals surface area contributed by atoms with Gasteiger partial charge in [0, 0.05) is 19.1 Å². The first-order chi connectivity index (χ1) is 9.60. The van der Waals surface area contributed by atoms with Crippen LogP contribution in [0.3, 0.4) is 0 Å². The Morgan fingerprint density at radius 1 is 1.35 bits per heavy atom. The second-order valence-electron chi connectivity index (χ2n) is 6.15. The van der Waals surface area contributed by atoms with Crippen LogP contribution in [0.4, 0.5) is 0 Å². The third kappa shape index (κ3) is 5.41. The molecule has 0 aliphatic carbocycles. The van der Waals surface area contributed by atoms with Crippen molar-refractivity contribution in [1.82, 2.24) is 15.5 Å². The molecule has 4 nitrogen and oxygen atoms in total. The van der Waals surface area contributed by atoms with E-state index in [1.807, 2.05) is 14.0 Å². The molecule has 0 bridgehead atoms. The molecule has 3 unspecified atom stereocenters. The molecular formula is C16H33N3O. The molecule has 1 amide bonds. The summed E-state index contributed by atoms with van der Waals surface area (Å²) in [6, 6.07) is 0.529. The Bertz CT molecular complexity index is 283. The van der Waals surface area contributed by atoms with E-state index in [1.165, 1.54) is 25.7 Å². The van der Waals surface area contributed by atoms with Crippen LogP contribution >= 0.6 is 0 Å². The number of nitrogens with one attached hydrogen (secondary N) is 2. The van der Waals surface area contributed by atoms with Crippen LogP contribution in [0, 0.1) is 5.92 Å². The Hall–Kier alpha value is -0.610. The van der Waals surface area contributed by atoms with E-state index in [9.17, 15) is 4.79 Å². The fourth-order valence-electron chi connectivity index (χ4n) is 2.94. The van der Waals surface area contributed by atoms with E-state index in [1.54, 1.807) is 0 Å². The molecule has 0 saturated carbocycles. The molecule has 0 aromatic carbocycles. The average molecular weight is 283 g/mol. The van der Waals surface area contributed by atoms with Gasteiger partial charge in [0.05, 0.1) is 6.04 Å². The van der Waals surface area contributed by atoms with Crippen molar-refractivity contribution in [2.24, 2.45) is 5.92 Å². The zero-order chi connectivity index (χ0) is 15.0. The SMILES string of the molecule is CCCCCNC(=O)C(C)N1CCCC(C(C)NC)C1. The topological polar surface area (TPSA) is 44.4 Å². The minimum absolute atomic E-state index is 0.00322. The van der Waals surface area contributed by atoms with Crippen LogP contribution < -0.4 is 10.6 Å². The van der Waals surface area contributed by atoms with Crippen molar-refractivity contribution < 1.29 is 4.79 Å². The molecule has 118 valence electrons. The number of rotatable bonds is 8. The molecule has 1 fully saturated rings. The number of hydrogen-bond donors (Lipinski definition) is 2. The lowest BCUT2D eigenvalue weighted by Gasteiger charge is -2.38. The molecular weight excluding hydrogens is 250 g/mol. The monoisotopic (exact) mass is 283 g/mol. The van der Waals surface area contributed by atoms with Crippen molar-refractivity contribution in [3.8, 4) is 0 Å². The highest BCUT2D eigenvalue weighted by Crippen LogP contribution is 2.21. The Morgan fingerprint density at radius 3 is 2.75 bits per heavy atom. The Balaban J connectivity index is 2.37. The number of carbonyl (C=O) groups excluding carboxylic acids is 1. The summed E-state index contributed by atoms with van der Waals surface area (Å²) >= 11 is 0. The number of hydrogen-bond acceptors (Lipinski definition) is 3. The fourth-order valence-corrected chi connectivity index (χ4v) is 2.94. The number of unbranched alkanes of at least 4 members (excludes halogenated alkanes) is 2. The summed E-state index contributed by atoms with van der Waals surface area (Å²) in [5.41, 5.74) is 0. The summed E-state index contributed by atoms with van der Waals surface area (Å²) in [6.45, 7) is 9.37. The lowest BCUT2D eigenvalue weighted by molar-refractivity contribution is -0.126. The maximum absolute atomic E-state index is 12.2. The maximum Gasteiger partial charge on any atom is 0.237 e. The standard InChI is InChI=1S/C16H33N3O/c1-5-6-7-10-18-16(20)14(3)19-11-8-9-15(12-19)13(2)17-4/h13-15,17H,5-12H2,1-4H3,(H,18,20). The quantitative estimate of drug-likeness (QED) is 0.670. The third-order valence-corrected chi connectivity index (χ3v) is 4.66. The summed E-state index contributed by atoms with van der Waals surface area (Å²) < 4.78 is 0. The predicted molar refractivity (Wildman–Crippen MR) is 84.8 cm³/mol. The van der Waals surface area contributed by atoms with E-state index in [-0.39, 0.29) is 11.9 Å². The molecule has 0 aromatic rings. The smallest absolute Gasteiger partial charge is 0.237 e. The minimum atomic E-state index is 0.00322. The largest absolute Gasteiger partial charge is 0.355 e. The first kappa shape index (κ1) is 17.4. The van der Waals surface area contributed by atoms with Gasteiger partial charge >= 0.3 is 0 Å². The normalized spacial score (nSPS) is 23.3. The molecule has 2 N–H and O–H groups in total. The zero-order valence-corrected chi connectivity index (χ0v) is 13.7. The Morgan fingerprint density at radius 2 is 2.10 bits per heavy atom. The summed E-state index contributed by atoms with van der Waals surface area (Å²) in [5, 5.41) is 6.42. The highest BCUT2D eigenvalue weighted by molar-refractivity contribution is 5.81. The van der Waals surface area contributed by atoms with Crippen LogP contribution in [0.25, 0.3) is 0 Å². The van der Waals surface area contributed by atoms with Gasteiger partial charge in [-0.25, -0.2) is 0 Å². The van der Waals surface area contributed by atoms with Crippen molar-refractivity contribution in [3.63, 3.8) is 0 Å². The highest BCUT2D eigenvalue weighted by Gasteiger charge is 2.29.